The fraction of sp³-hybridized carbons (Fsp3) is 0.391. The lowest BCUT2D eigenvalue weighted by atomic mass is 9.79. The fourth-order valence-electron chi connectivity index (χ4n) is 3.78. The van der Waals surface area contributed by atoms with E-state index in [1.165, 1.54) is 12.1 Å². The first kappa shape index (κ1) is 20.8. The van der Waals surface area contributed by atoms with Crippen molar-refractivity contribution in [2.75, 3.05) is 7.11 Å². The highest BCUT2D eigenvalue weighted by atomic mass is 19.1. The van der Waals surface area contributed by atoms with E-state index in [0.29, 0.717) is 24.9 Å². The lowest BCUT2D eigenvalue weighted by Gasteiger charge is -2.28. The fourth-order valence-corrected chi connectivity index (χ4v) is 3.78. The van der Waals surface area contributed by atoms with E-state index < -0.39 is 17.5 Å². The number of carbonyl (C=O) groups excluding carboxylic acids is 2. The minimum atomic E-state index is -0.938. The number of amides is 1. The van der Waals surface area contributed by atoms with Gasteiger partial charge in [0, 0.05) is 6.54 Å². The summed E-state index contributed by atoms with van der Waals surface area (Å²) in [7, 11) is 1.59. The van der Waals surface area contributed by atoms with Gasteiger partial charge in [-0.1, -0.05) is 37.1 Å². The maximum absolute atomic E-state index is 13.7. The first-order valence-electron chi connectivity index (χ1n) is 9.82. The molecule has 0 radical (unpaired) electrons. The number of nitrogens with one attached hydrogen (secondary N) is 1. The molecular formula is C23H26FNO4. The Balaban J connectivity index is 1.62. The molecule has 2 aromatic carbocycles. The molecule has 5 nitrogen and oxygen atoms in total. The topological polar surface area (TPSA) is 64.6 Å². The smallest absolute Gasteiger partial charge is 0.317 e. The average Bonchev–Trinajstić information content (AvgIpc) is 3.23. The maximum Gasteiger partial charge on any atom is 0.317 e. The highest BCUT2D eigenvalue weighted by molar-refractivity contribution is 5.88. The second-order valence-corrected chi connectivity index (χ2v) is 7.41. The van der Waals surface area contributed by atoms with Gasteiger partial charge >= 0.3 is 5.97 Å². The Morgan fingerprint density at radius 2 is 1.83 bits per heavy atom. The van der Waals surface area contributed by atoms with E-state index in [0.717, 1.165) is 24.2 Å². The summed E-state index contributed by atoms with van der Waals surface area (Å²) < 4.78 is 24.4. The molecule has 1 fully saturated rings. The summed E-state index contributed by atoms with van der Waals surface area (Å²) in [6, 6.07) is 13.4. The van der Waals surface area contributed by atoms with Gasteiger partial charge in [0.15, 0.2) is 6.10 Å². The van der Waals surface area contributed by atoms with Crippen LogP contribution in [0.5, 0.6) is 5.75 Å². The molecule has 0 bridgehead atoms. The molecule has 1 N–H and O–H groups in total. The molecule has 0 aromatic heterocycles. The highest BCUT2D eigenvalue weighted by Gasteiger charge is 2.45. The molecule has 1 unspecified atom stereocenters. The van der Waals surface area contributed by atoms with Crippen LogP contribution in [-0.2, 0) is 26.3 Å². The molecule has 1 aliphatic carbocycles. The van der Waals surface area contributed by atoms with Gasteiger partial charge in [-0.25, -0.2) is 4.39 Å². The van der Waals surface area contributed by atoms with Gasteiger partial charge in [0.05, 0.1) is 12.5 Å². The molecule has 1 aliphatic rings. The van der Waals surface area contributed by atoms with Crippen molar-refractivity contribution in [3.63, 3.8) is 0 Å². The van der Waals surface area contributed by atoms with Gasteiger partial charge in [-0.3, -0.25) is 9.59 Å². The van der Waals surface area contributed by atoms with E-state index in [1.54, 1.807) is 26.2 Å². The number of rotatable bonds is 7. The Labute approximate surface area is 170 Å². The van der Waals surface area contributed by atoms with Crippen LogP contribution in [0.3, 0.4) is 0 Å². The summed E-state index contributed by atoms with van der Waals surface area (Å²) in [5, 5.41) is 2.78. The molecule has 0 spiro atoms. The Bertz CT molecular complexity index is 859. The minimum absolute atomic E-state index is 0.319. The van der Waals surface area contributed by atoms with Crippen molar-refractivity contribution in [1.29, 1.82) is 0 Å². The molecule has 0 saturated heterocycles. The Morgan fingerprint density at radius 3 is 2.45 bits per heavy atom. The van der Waals surface area contributed by atoms with Crippen LogP contribution < -0.4 is 10.1 Å². The lowest BCUT2D eigenvalue weighted by molar-refractivity contribution is -0.160. The molecule has 1 amide bonds. The van der Waals surface area contributed by atoms with Gasteiger partial charge in [0.25, 0.3) is 5.91 Å². The second-order valence-electron chi connectivity index (χ2n) is 7.41. The normalized spacial score (nSPS) is 16.1. The predicted octanol–water partition coefficient (Wildman–Crippen LogP) is 3.89. The number of esters is 1. The molecule has 6 heteroatoms. The molecule has 1 atom stereocenters. The van der Waals surface area contributed by atoms with Gasteiger partial charge < -0.3 is 14.8 Å². The lowest BCUT2D eigenvalue weighted by Crippen LogP contribution is -2.41. The zero-order valence-electron chi connectivity index (χ0n) is 16.7. The maximum atomic E-state index is 13.7. The summed E-state index contributed by atoms with van der Waals surface area (Å²) in [4.78, 5) is 25.4. The van der Waals surface area contributed by atoms with Crippen molar-refractivity contribution in [3.8, 4) is 5.75 Å². The number of methoxy groups -OCH3 is 1. The summed E-state index contributed by atoms with van der Waals surface area (Å²) in [6.45, 7) is 1.87. The quantitative estimate of drug-likeness (QED) is 0.718. The Morgan fingerprint density at radius 1 is 1.14 bits per heavy atom. The monoisotopic (exact) mass is 399 g/mol. The first-order chi connectivity index (χ1) is 13.9. The average molecular weight is 399 g/mol. The first-order valence-corrected chi connectivity index (χ1v) is 9.82. The molecule has 154 valence electrons. The van der Waals surface area contributed by atoms with Crippen molar-refractivity contribution < 1.29 is 23.5 Å². The largest absolute Gasteiger partial charge is 0.497 e. The molecule has 0 heterocycles. The van der Waals surface area contributed by atoms with Crippen molar-refractivity contribution >= 4 is 11.9 Å². The third-order valence-electron chi connectivity index (χ3n) is 5.50. The van der Waals surface area contributed by atoms with E-state index in [9.17, 15) is 14.0 Å². The van der Waals surface area contributed by atoms with Gasteiger partial charge in [0.1, 0.15) is 11.6 Å². The van der Waals surface area contributed by atoms with Gasteiger partial charge in [0.2, 0.25) is 0 Å². The van der Waals surface area contributed by atoms with Crippen LogP contribution in [0.15, 0.2) is 48.5 Å². The predicted molar refractivity (Wildman–Crippen MR) is 107 cm³/mol. The van der Waals surface area contributed by atoms with E-state index >= 15 is 0 Å². The van der Waals surface area contributed by atoms with Crippen molar-refractivity contribution in [2.24, 2.45) is 0 Å². The van der Waals surface area contributed by atoms with E-state index in [2.05, 4.69) is 5.32 Å². The summed E-state index contributed by atoms with van der Waals surface area (Å²) in [5.41, 5.74) is 0.641. The number of halogens is 1. The SMILES string of the molecule is COc1ccc(CNC(=O)C(C)OC(=O)C2(c3cccc(F)c3)CCCC2)cc1. The number of benzene rings is 2. The van der Waals surface area contributed by atoms with E-state index in [4.69, 9.17) is 9.47 Å². The molecule has 29 heavy (non-hydrogen) atoms. The number of hydrogen-bond acceptors (Lipinski definition) is 4. The van der Waals surface area contributed by atoms with E-state index in [1.807, 2.05) is 24.3 Å². The molecule has 3 rings (SSSR count). The summed E-state index contributed by atoms with van der Waals surface area (Å²) >= 11 is 0. The number of hydrogen-bond donors (Lipinski definition) is 1. The zero-order chi connectivity index (χ0) is 20.9. The van der Waals surface area contributed by atoms with Crippen molar-refractivity contribution in [3.05, 3.63) is 65.5 Å². The standard InChI is InChI=1S/C23H26FNO4/c1-16(21(26)25-15-17-8-10-20(28-2)11-9-17)29-22(27)23(12-3-4-13-23)18-6-5-7-19(24)14-18/h5-11,14,16H,3-4,12-13,15H2,1-2H3,(H,25,26). The molecule has 1 saturated carbocycles. The van der Waals surface area contributed by atoms with Crippen LogP contribution in [0.25, 0.3) is 0 Å². The van der Waals surface area contributed by atoms with Crippen molar-refractivity contribution in [2.45, 2.75) is 50.7 Å². The molecule has 0 aliphatic heterocycles. The van der Waals surface area contributed by atoms with Crippen LogP contribution >= 0.6 is 0 Å². The van der Waals surface area contributed by atoms with Crippen LogP contribution in [0.2, 0.25) is 0 Å². The van der Waals surface area contributed by atoms with Crippen LogP contribution in [-0.4, -0.2) is 25.1 Å². The zero-order valence-corrected chi connectivity index (χ0v) is 16.7. The summed E-state index contributed by atoms with van der Waals surface area (Å²) in [6.07, 6.45) is 1.98. The number of ether oxygens (including phenoxy) is 2. The highest BCUT2D eigenvalue weighted by Crippen LogP contribution is 2.42. The van der Waals surface area contributed by atoms with E-state index in [-0.39, 0.29) is 11.7 Å². The van der Waals surface area contributed by atoms with Gasteiger partial charge in [-0.15, -0.1) is 0 Å². The van der Waals surface area contributed by atoms with Gasteiger partial charge in [-0.2, -0.15) is 0 Å². The summed E-state index contributed by atoms with van der Waals surface area (Å²) in [5.74, 6) is -0.484. The molecule has 2 aromatic rings. The minimum Gasteiger partial charge on any atom is -0.497 e. The molecular weight excluding hydrogens is 373 g/mol. The van der Waals surface area contributed by atoms with Crippen LogP contribution in [0.1, 0.15) is 43.7 Å². The third-order valence-corrected chi connectivity index (χ3v) is 5.50. The Hall–Kier alpha value is -2.89. The Kier molecular flexibility index (Phi) is 6.52. The number of carbonyl (C=O) groups is 2. The van der Waals surface area contributed by atoms with Crippen LogP contribution in [0.4, 0.5) is 4.39 Å². The van der Waals surface area contributed by atoms with Crippen LogP contribution in [0, 0.1) is 5.82 Å². The third kappa shape index (κ3) is 4.75. The second kappa shape index (κ2) is 9.07. The van der Waals surface area contributed by atoms with Gasteiger partial charge in [-0.05, 0) is 55.2 Å². The van der Waals surface area contributed by atoms with Crippen molar-refractivity contribution in [1.82, 2.24) is 5.32 Å².